The van der Waals surface area contributed by atoms with Crippen molar-refractivity contribution < 1.29 is 19.8 Å². The van der Waals surface area contributed by atoms with Gasteiger partial charge in [0, 0.05) is 0 Å². The Morgan fingerprint density at radius 3 is 1.93 bits per heavy atom. The lowest BCUT2D eigenvalue weighted by atomic mass is 9.68. The van der Waals surface area contributed by atoms with Gasteiger partial charge in [-0.3, -0.25) is 0 Å². The number of benzene rings is 2. The third kappa shape index (κ3) is 3.04. The van der Waals surface area contributed by atoms with Crippen LogP contribution in [-0.2, 0) is 25.3 Å². The first-order valence-corrected chi connectivity index (χ1v) is 9.84. The molecule has 8 heteroatoms. The molecule has 1 heterocycles. The highest BCUT2D eigenvalue weighted by Crippen LogP contribution is 2.46. The molecule has 1 aromatic heterocycles. The van der Waals surface area contributed by atoms with Crippen molar-refractivity contribution in [2.75, 3.05) is 0 Å². The minimum atomic E-state index is -0.980. The fourth-order valence-corrected chi connectivity index (χ4v) is 4.57. The van der Waals surface area contributed by atoms with Crippen molar-refractivity contribution in [1.82, 2.24) is 20.2 Å². The summed E-state index contributed by atoms with van der Waals surface area (Å²) < 4.78 is 0. The second-order valence-electron chi connectivity index (χ2n) is 7.61. The summed E-state index contributed by atoms with van der Waals surface area (Å²) in [6.07, 6.45) is 2.69. The van der Waals surface area contributed by atoms with Crippen LogP contribution in [-0.4, -0.2) is 42.4 Å². The molecule has 0 fully saturated rings. The maximum absolute atomic E-state index is 11.6. The summed E-state index contributed by atoms with van der Waals surface area (Å²) in [4.78, 5) is 24.5. The van der Waals surface area contributed by atoms with Crippen LogP contribution in [0, 0.1) is 0 Å². The molecule has 0 atom stereocenters. The summed E-state index contributed by atoms with van der Waals surface area (Å²) in [5, 5.41) is 31.9. The van der Waals surface area contributed by atoms with Gasteiger partial charge in [0.05, 0.1) is 23.6 Å². The lowest BCUT2D eigenvalue weighted by molar-refractivity contribution is 0.0686. The van der Waals surface area contributed by atoms with E-state index in [0.29, 0.717) is 25.1 Å². The number of hydrogen-bond donors (Lipinski definition) is 2. The molecule has 4 rings (SSSR count). The number of carbonyl (C=O) groups is 2. The Kier molecular flexibility index (Phi) is 4.85. The SMILES string of the molecule is CCCC1(c2nnn(C)n2)c2ccc(C(=O)O)cc2CCc2cc(C(=O)O)ccc21. The minimum absolute atomic E-state index is 0.225. The molecule has 0 aliphatic heterocycles. The van der Waals surface area contributed by atoms with Gasteiger partial charge in [0.25, 0.3) is 0 Å². The van der Waals surface area contributed by atoms with E-state index < -0.39 is 17.4 Å². The Balaban J connectivity index is 2.07. The number of nitrogens with zero attached hydrogens (tertiary/aromatic N) is 4. The normalized spacial score (nSPS) is 14.5. The number of carboxylic acids is 2. The fourth-order valence-electron chi connectivity index (χ4n) is 4.57. The van der Waals surface area contributed by atoms with Crippen molar-refractivity contribution in [3.8, 4) is 0 Å². The third-order valence-electron chi connectivity index (χ3n) is 5.80. The van der Waals surface area contributed by atoms with Crippen LogP contribution in [0.1, 0.15) is 68.6 Å². The molecule has 1 aliphatic rings. The molecule has 1 aliphatic carbocycles. The van der Waals surface area contributed by atoms with Crippen LogP contribution in [0.4, 0.5) is 0 Å². The molecule has 0 amide bonds. The van der Waals surface area contributed by atoms with E-state index in [2.05, 4.69) is 22.3 Å². The highest BCUT2D eigenvalue weighted by atomic mass is 16.4. The predicted octanol–water partition coefficient (Wildman–Crippen LogP) is 2.84. The quantitative estimate of drug-likeness (QED) is 0.669. The van der Waals surface area contributed by atoms with Crippen molar-refractivity contribution in [3.05, 3.63) is 75.6 Å². The van der Waals surface area contributed by atoms with Gasteiger partial charge in [-0.25, -0.2) is 9.59 Å². The predicted molar refractivity (Wildman–Crippen MR) is 108 cm³/mol. The van der Waals surface area contributed by atoms with Crippen LogP contribution in [0.25, 0.3) is 0 Å². The third-order valence-corrected chi connectivity index (χ3v) is 5.80. The van der Waals surface area contributed by atoms with Crippen molar-refractivity contribution in [3.63, 3.8) is 0 Å². The molecule has 30 heavy (non-hydrogen) atoms. The van der Waals surface area contributed by atoms with Gasteiger partial charge in [0.1, 0.15) is 0 Å². The van der Waals surface area contributed by atoms with Crippen LogP contribution in [0.5, 0.6) is 0 Å². The second-order valence-corrected chi connectivity index (χ2v) is 7.61. The van der Waals surface area contributed by atoms with Gasteiger partial charge in [-0.15, -0.1) is 10.2 Å². The second kappa shape index (κ2) is 7.37. The molecule has 3 aromatic rings. The molecule has 0 saturated heterocycles. The Hall–Kier alpha value is -3.55. The van der Waals surface area contributed by atoms with Crippen molar-refractivity contribution >= 4 is 11.9 Å². The minimum Gasteiger partial charge on any atom is -0.478 e. The molecule has 8 nitrogen and oxygen atoms in total. The standard InChI is InChI=1S/C22H22N4O4/c1-3-10-22(21-23-25-26(2)24-21)17-8-6-15(19(27)28)11-13(17)4-5-14-12-16(20(29)30)7-9-18(14)22/h6-9,11-12H,3-5,10H2,1-2H3,(H,27,28)(H,29,30). The molecule has 0 saturated carbocycles. The fraction of sp³-hybridized carbons (Fsp3) is 0.318. The summed E-state index contributed by atoms with van der Waals surface area (Å²) >= 11 is 0. The molecule has 154 valence electrons. The first-order valence-electron chi connectivity index (χ1n) is 9.84. The van der Waals surface area contributed by atoms with E-state index in [-0.39, 0.29) is 11.1 Å². The molecule has 0 spiro atoms. The molecular weight excluding hydrogens is 384 g/mol. The Labute approximate surface area is 173 Å². The van der Waals surface area contributed by atoms with Gasteiger partial charge < -0.3 is 10.2 Å². The zero-order valence-electron chi connectivity index (χ0n) is 16.8. The number of hydrogen-bond acceptors (Lipinski definition) is 5. The van der Waals surface area contributed by atoms with Crippen LogP contribution in [0.3, 0.4) is 0 Å². The maximum Gasteiger partial charge on any atom is 0.335 e. The van der Waals surface area contributed by atoms with Crippen LogP contribution in [0.15, 0.2) is 36.4 Å². The van der Waals surface area contributed by atoms with E-state index in [1.54, 1.807) is 31.3 Å². The van der Waals surface area contributed by atoms with E-state index in [1.807, 2.05) is 12.1 Å². The number of aromatic nitrogens is 4. The average Bonchev–Trinajstić information content (AvgIpc) is 3.11. The molecule has 0 unspecified atom stereocenters. The summed E-state index contributed by atoms with van der Waals surface area (Å²) in [5.41, 5.74) is 3.42. The van der Waals surface area contributed by atoms with Gasteiger partial charge in [-0.2, -0.15) is 4.80 Å². The lowest BCUT2D eigenvalue weighted by Gasteiger charge is -2.33. The van der Waals surface area contributed by atoms with Crippen molar-refractivity contribution in [2.45, 2.75) is 38.0 Å². The summed E-state index contributed by atoms with van der Waals surface area (Å²) in [6, 6.07) is 10.3. The zero-order chi connectivity index (χ0) is 21.5. The highest BCUT2D eigenvalue weighted by Gasteiger charge is 2.44. The largest absolute Gasteiger partial charge is 0.478 e. The molecule has 2 aromatic carbocycles. The number of fused-ring (bicyclic) bond motifs is 2. The van der Waals surface area contributed by atoms with Gasteiger partial charge in [-0.05, 0) is 71.0 Å². The monoisotopic (exact) mass is 406 g/mol. The number of aromatic carboxylic acids is 2. The molecule has 0 bridgehead atoms. The Morgan fingerprint density at radius 1 is 1.00 bits per heavy atom. The van der Waals surface area contributed by atoms with Gasteiger partial charge in [-0.1, -0.05) is 25.5 Å². The van der Waals surface area contributed by atoms with E-state index in [9.17, 15) is 19.8 Å². The molecule has 0 radical (unpaired) electrons. The van der Waals surface area contributed by atoms with Gasteiger partial charge in [0.2, 0.25) is 0 Å². The Morgan fingerprint density at radius 2 is 1.53 bits per heavy atom. The molecular formula is C22H22N4O4. The van der Waals surface area contributed by atoms with Crippen molar-refractivity contribution in [1.29, 1.82) is 0 Å². The maximum atomic E-state index is 11.6. The van der Waals surface area contributed by atoms with Crippen LogP contribution in [0.2, 0.25) is 0 Å². The van der Waals surface area contributed by atoms with E-state index in [0.717, 1.165) is 28.7 Å². The lowest BCUT2D eigenvalue weighted by Crippen LogP contribution is -2.32. The number of aryl methyl sites for hydroxylation is 3. The zero-order valence-corrected chi connectivity index (χ0v) is 16.8. The number of tetrazole rings is 1. The first-order chi connectivity index (χ1) is 14.4. The average molecular weight is 406 g/mol. The summed E-state index contributed by atoms with van der Waals surface area (Å²) in [6.45, 7) is 2.07. The smallest absolute Gasteiger partial charge is 0.335 e. The molecule has 2 N–H and O–H groups in total. The van der Waals surface area contributed by atoms with E-state index >= 15 is 0 Å². The topological polar surface area (TPSA) is 118 Å². The first kappa shape index (κ1) is 19.8. The van der Waals surface area contributed by atoms with E-state index in [1.165, 1.54) is 4.80 Å². The number of rotatable bonds is 5. The van der Waals surface area contributed by atoms with Gasteiger partial charge in [0.15, 0.2) is 5.82 Å². The number of carboxylic acid groups (broad SMARTS) is 2. The van der Waals surface area contributed by atoms with Crippen molar-refractivity contribution in [2.24, 2.45) is 7.05 Å². The highest BCUT2D eigenvalue weighted by molar-refractivity contribution is 5.89. The van der Waals surface area contributed by atoms with E-state index in [4.69, 9.17) is 0 Å². The summed E-state index contributed by atoms with van der Waals surface area (Å²) in [7, 11) is 1.70. The van der Waals surface area contributed by atoms with Crippen LogP contribution >= 0.6 is 0 Å². The van der Waals surface area contributed by atoms with Crippen LogP contribution < -0.4 is 0 Å². The Bertz CT molecular complexity index is 1090. The van der Waals surface area contributed by atoms with Gasteiger partial charge >= 0.3 is 11.9 Å². The summed E-state index contributed by atoms with van der Waals surface area (Å²) in [5.74, 6) is -1.43.